The molecule has 1 aliphatic heterocycles. The SMILES string of the molecule is Cc1ccc(-c2cnc(-c3ccc(C[C@H](CC(=O)c4ccc(C(C)(C)C)s4)C(=O)N4CC(C(=O)OC(C)(C)C)C4)cc3)nc2)c(F)c1. The summed E-state index contributed by atoms with van der Waals surface area (Å²) in [5, 5.41) is 0. The van der Waals surface area contributed by atoms with Gasteiger partial charge in [0.05, 0.1) is 10.8 Å². The smallest absolute Gasteiger partial charge is 0.313 e. The van der Waals surface area contributed by atoms with Crippen molar-refractivity contribution in [2.75, 3.05) is 13.1 Å². The van der Waals surface area contributed by atoms with Crippen molar-refractivity contribution in [1.82, 2.24) is 14.9 Å². The van der Waals surface area contributed by atoms with Crippen LogP contribution in [-0.2, 0) is 26.2 Å². The largest absolute Gasteiger partial charge is 0.460 e. The third-order valence-electron chi connectivity index (χ3n) is 8.12. The maximum Gasteiger partial charge on any atom is 0.313 e. The van der Waals surface area contributed by atoms with Crippen LogP contribution < -0.4 is 0 Å². The van der Waals surface area contributed by atoms with Gasteiger partial charge in [-0.3, -0.25) is 14.4 Å². The fraction of sp³-hybridized carbons (Fsp3) is 0.395. The Hall–Kier alpha value is -4.24. The van der Waals surface area contributed by atoms with Gasteiger partial charge < -0.3 is 9.64 Å². The lowest BCUT2D eigenvalue weighted by molar-refractivity contribution is -0.168. The number of likely N-dealkylation sites (tertiary alicyclic amines) is 1. The number of aryl methyl sites for hydroxylation is 1. The van der Waals surface area contributed by atoms with Crippen LogP contribution in [-0.4, -0.2) is 51.2 Å². The van der Waals surface area contributed by atoms with Crippen molar-refractivity contribution in [1.29, 1.82) is 0 Å². The average Bonchev–Trinajstić information content (AvgIpc) is 3.47. The van der Waals surface area contributed by atoms with Crippen molar-refractivity contribution in [3.8, 4) is 22.5 Å². The lowest BCUT2D eigenvalue weighted by Crippen LogP contribution is -2.56. The zero-order valence-electron chi connectivity index (χ0n) is 28.1. The van der Waals surface area contributed by atoms with Gasteiger partial charge in [0.15, 0.2) is 11.6 Å². The van der Waals surface area contributed by atoms with E-state index in [0.717, 1.165) is 21.6 Å². The first-order chi connectivity index (χ1) is 22.1. The van der Waals surface area contributed by atoms with Gasteiger partial charge in [0.25, 0.3) is 0 Å². The molecule has 2 aromatic carbocycles. The molecule has 5 rings (SSSR count). The number of thiophene rings is 1. The van der Waals surface area contributed by atoms with Crippen LogP contribution in [0.15, 0.2) is 67.0 Å². The predicted molar refractivity (Wildman–Crippen MR) is 183 cm³/mol. The summed E-state index contributed by atoms with van der Waals surface area (Å²) >= 11 is 1.48. The number of rotatable bonds is 9. The molecule has 0 spiro atoms. The van der Waals surface area contributed by atoms with Gasteiger partial charge in [-0.25, -0.2) is 14.4 Å². The molecule has 9 heteroatoms. The molecule has 0 aliphatic carbocycles. The van der Waals surface area contributed by atoms with Gasteiger partial charge in [-0.05, 0) is 68.9 Å². The number of hydrogen-bond acceptors (Lipinski definition) is 7. The second-order valence-corrected chi connectivity index (χ2v) is 15.5. The molecule has 3 heterocycles. The van der Waals surface area contributed by atoms with Crippen LogP contribution in [0, 0.1) is 24.6 Å². The average molecular weight is 656 g/mol. The van der Waals surface area contributed by atoms with Crippen molar-refractivity contribution in [2.24, 2.45) is 11.8 Å². The molecule has 7 nitrogen and oxygen atoms in total. The zero-order chi connectivity index (χ0) is 34.1. The van der Waals surface area contributed by atoms with Gasteiger partial charge in [-0.1, -0.05) is 57.2 Å². The van der Waals surface area contributed by atoms with Gasteiger partial charge in [0, 0.05) is 59.4 Å². The van der Waals surface area contributed by atoms with E-state index in [1.807, 2.05) is 70.2 Å². The van der Waals surface area contributed by atoms with Gasteiger partial charge >= 0.3 is 5.97 Å². The number of esters is 1. The summed E-state index contributed by atoms with van der Waals surface area (Å²) < 4.78 is 20.0. The van der Waals surface area contributed by atoms with E-state index >= 15 is 0 Å². The van der Waals surface area contributed by atoms with Gasteiger partial charge in [0.2, 0.25) is 5.91 Å². The number of ketones is 1. The maximum absolute atomic E-state index is 14.5. The number of Topliss-reactive ketones (excluding diaryl/α,β-unsaturated/α-hetero) is 1. The first kappa shape index (κ1) is 34.1. The number of halogens is 1. The summed E-state index contributed by atoms with van der Waals surface area (Å²) in [6.07, 6.45) is 3.65. The van der Waals surface area contributed by atoms with Crippen LogP contribution >= 0.6 is 11.3 Å². The molecular weight excluding hydrogens is 614 g/mol. The summed E-state index contributed by atoms with van der Waals surface area (Å²) in [6, 6.07) is 16.5. The van der Waals surface area contributed by atoms with E-state index in [-0.39, 0.29) is 54.3 Å². The Kier molecular flexibility index (Phi) is 9.78. The van der Waals surface area contributed by atoms with Crippen LogP contribution in [0.4, 0.5) is 4.39 Å². The van der Waals surface area contributed by atoms with Crippen molar-refractivity contribution in [2.45, 2.75) is 72.3 Å². The highest BCUT2D eigenvalue weighted by molar-refractivity contribution is 7.14. The van der Waals surface area contributed by atoms with E-state index in [4.69, 9.17) is 4.74 Å². The molecule has 1 fully saturated rings. The summed E-state index contributed by atoms with van der Waals surface area (Å²) in [7, 11) is 0. The highest BCUT2D eigenvalue weighted by Gasteiger charge is 2.41. The van der Waals surface area contributed by atoms with Gasteiger partial charge in [-0.15, -0.1) is 11.3 Å². The molecule has 47 heavy (non-hydrogen) atoms. The van der Waals surface area contributed by atoms with Crippen molar-refractivity contribution >= 4 is 29.0 Å². The van der Waals surface area contributed by atoms with Crippen LogP contribution in [0.3, 0.4) is 0 Å². The quantitative estimate of drug-likeness (QED) is 0.135. The highest BCUT2D eigenvalue weighted by Crippen LogP contribution is 2.32. The molecule has 0 N–H and O–H groups in total. The molecule has 1 saturated heterocycles. The van der Waals surface area contributed by atoms with Gasteiger partial charge in [-0.2, -0.15) is 0 Å². The van der Waals surface area contributed by atoms with E-state index in [0.29, 0.717) is 28.2 Å². The number of nitrogens with zero attached hydrogens (tertiary/aromatic N) is 3. The first-order valence-corrected chi connectivity index (χ1v) is 16.7. The number of amides is 1. The molecule has 1 aliphatic rings. The summed E-state index contributed by atoms with van der Waals surface area (Å²) in [4.78, 5) is 52.1. The number of ether oxygens (including phenoxy) is 1. The third kappa shape index (κ3) is 8.38. The molecule has 0 unspecified atom stereocenters. The minimum atomic E-state index is -0.596. The Balaban J connectivity index is 1.30. The molecule has 0 bridgehead atoms. The van der Waals surface area contributed by atoms with E-state index in [2.05, 4.69) is 30.7 Å². The standard InChI is InChI=1S/C38H42FN3O4S/c1-23-8-13-29(30(39)16-23)27-19-40-34(41-20-27)25-11-9-24(10-12-25)17-26(18-31(43)32-14-15-33(47-32)37(2,3)4)35(44)42-21-28(22-42)36(45)46-38(5,6)7/h8-16,19-20,26,28H,17-18,21-22H2,1-7H3/t26-/m1/s1. The van der Waals surface area contributed by atoms with Gasteiger partial charge in [0.1, 0.15) is 11.4 Å². The Morgan fingerprint density at radius 3 is 2.17 bits per heavy atom. The first-order valence-electron chi connectivity index (χ1n) is 15.9. The molecule has 4 aromatic rings. The lowest BCUT2D eigenvalue weighted by atomic mass is 9.89. The third-order valence-corrected chi connectivity index (χ3v) is 9.67. The number of carbonyl (C=O) groups is 3. The number of hydrogen-bond donors (Lipinski definition) is 0. The number of aromatic nitrogens is 2. The second kappa shape index (κ2) is 13.5. The minimum absolute atomic E-state index is 0.0665. The summed E-state index contributed by atoms with van der Waals surface area (Å²) in [5.74, 6) is -1.29. The number of carbonyl (C=O) groups excluding carboxylic acids is 3. The van der Waals surface area contributed by atoms with Crippen LogP contribution in [0.5, 0.6) is 0 Å². The fourth-order valence-electron chi connectivity index (χ4n) is 5.46. The predicted octanol–water partition coefficient (Wildman–Crippen LogP) is 7.85. The molecular formula is C38H42FN3O4S. The summed E-state index contributed by atoms with van der Waals surface area (Å²) in [5.41, 5.74) is 2.88. The molecule has 0 saturated carbocycles. The monoisotopic (exact) mass is 655 g/mol. The molecule has 1 amide bonds. The molecule has 0 radical (unpaired) electrons. The Morgan fingerprint density at radius 1 is 0.936 bits per heavy atom. The molecule has 2 aromatic heterocycles. The van der Waals surface area contributed by atoms with Crippen molar-refractivity contribution in [3.05, 3.63) is 93.7 Å². The number of benzene rings is 2. The second-order valence-electron chi connectivity index (χ2n) is 14.4. The topological polar surface area (TPSA) is 89.5 Å². The Morgan fingerprint density at radius 2 is 1.60 bits per heavy atom. The van der Waals surface area contributed by atoms with Crippen LogP contribution in [0.25, 0.3) is 22.5 Å². The van der Waals surface area contributed by atoms with Crippen LogP contribution in [0.1, 0.15) is 73.6 Å². The normalized spacial score (nSPS) is 14.4. The lowest BCUT2D eigenvalue weighted by Gasteiger charge is -2.40. The summed E-state index contributed by atoms with van der Waals surface area (Å²) in [6.45, 7) is 14.2. The van der Waals surface area contributed by atoms with E-state index in [9.17, 15) is 18.8 Å². The van der Waals surface area contributed by atoms with Crippen molar-refractivity contribution in [3.63, 3.8) is 0 Å². The maximum atomic E-state index is 14.5. The highest BCUT2D eigenvalue weighted by atomic mass is 32.1. The van der Waals surface area contributed by atoms with E-state index < -0.39 is 11.5 Å². The Labute approximate surface area is 280 Å². The van der Waals surface area contributed by atoms with E-state index in [1.165, 1.54) is 17.4 Å². The van der Waals surface area contributed by atoms with Crippen LogP contribution in [0.2, 0.25) is 0 Å². The fourth-order valence-corrected chi connectivity index (χ4v) is 6.47. The van der Waals surface area contributed by atoms with E-state index in [1.54, 1.807) is 23.4 Å². The zero-order valence-corrected chi connectivity index (χ0v) is 28.9. The Bertz CT molecular complexity index is 1760. The molecule has 1 atom stereocenters. The molecule has 246 valence electrons. The van der Waals surface area contributed by atoms with Crippen molar-refractivity contribution < 1.29 is 23.5 Å². The minimum Gasteiger partial charge on any atom is -0.460 e.